The second kappa shape index (κ2) is 5.24. The number of hydrazine groups is 1. The topological polar surface area (TPSA) is 72.2 Å². The van der Waals surface area contributed by atoms with Gasteiger partial charge in [-0.05, 0) is 49.9 Å². The van der Waals surface area contributed by atoms with Crippen molar-refractivity contribution in [2.24, 2.45) is 23.6 Å². The molecule has 2 rings (SSSR count). The van der Waals surface area contributed by atoms with E-state index in [0.29, 0.717) is 6.42 Å². The average molecular weight is 260 g/mol. The Hall–Kier alpha value is -0.130. The molecule has 0 spiro atoms. The quantitative estimate of drug-likeness (QED) is 0.554. The number of nitrogens with two attached hydrogens (primary N) is 1. The SMILES string of the molecule is CS(=O)(=O)CCC(CC1CC2CCC1C2)NN. The van der Waals surface area contributed by atoms with E-state index in [1.165, 1.54) is 31.9 Å². The number of hydrogen-bond acceptors (Lipinski definition) is 4. The molecule has 3 N–H and O–H groups in total. The Kier molecular flexibility index (Phi) is 4.10. The standard InChI is InChI=1S/C12H24N2O2S/c1-17(15,16)5-4-12(14-13)8-11-7-9-2-3-10(11)6-9/h9-12,14H,2-8,13H2,1H3. The Morgan fingerprint density at radius 2 is 2.12 bits per heavy atom. The first-order valence-electron chi connectivity index (χ1n) is 6.62. The van der Waals surface area contributed by atoms with Crippen molar-refractivity contribution in [1.29, 1.82) is 0 Å². The molecule has 5 heteroatoms. The van der Waals surface area contributed by atoms with E-state index in [1.54, 1.807) is 0 Å². The number of fused-ring (bicyclic) bond motifs is 2. The predicted molar refractivity (Wildman–Crippen MR) is 69.0 cm³/mol. The molecule has 2 fully saturated rings. The molecule has 0 radical (unpaired) electrons. The second-order valence-electron chi connectivity index (χ2n) is 5.95. The highest BCUT2D eigenvalue weighted by atomic mass is 32.2. The van der Waals surface area contributed by atoms with Gasteiger partial charge in [0, 0.05) is 12.3 Å². The lowest BCUT2D eigenvalue weighted by atomic mass is 9.84. The number of rotatable bonds is 6. The van der Waals surface area contributed by atoms with Crippen LogP contribution in [0, 0.1) is 17.8 Å². The fourth-order valence-electron chi connectivity index (χ4n) is 3.66. The Morgan fingerprint density at radius 1 is 1.35 bits per heavy atom. The summed E-state index contributed by atoms with van der Waals surface area (Å²) in [5.74, 6) is 8.37. The molecule has 4 nitrogen and oxygen atoms in total. The normalized spacial score (nSPS) is 34.1. The van der Waals surface area contributed by atoms with Crippen molar-refractivity contribution in [2.75, 3.05) is 12.0 Å². The molecule has 2 saturated carbocycles. The van der Waals surface area contributed by atoms with Gasteiger partial charge in [0.05, 0.1) is 5.75 Å². The summed E-state index contributed by atoms with van der Waals surface area (Å²) >= 11 is 0. The van der Waals surface area contributed by atoms with Gasteiger partial charge >= 0.3 is 0 Å². The van der Waals surface area contributed by atoms with Crippen LogP contribution in [0.15, 0.2) is 0 Å². The van der Waals surface area contributed by atoms with Crippen molar-refractivity contribution in [2.45, 2.75) is 44.6 Å². The predicted octanol–water partition coefficient (Wildman–Crippen LogP) is 1.08. The van der Waals surface area contributed by atoms with Crippen LogP contribution in [-0.4, -0.2) is 26.5 Å². The highest BCUT2D eigenvalue weighted by molar-refractivity contribution is 7.90. The van der Waals surface area contributed by atoms with E-state index in [2.05, 4.69) is 5.43 Å². The summed E-state index contributed by atoms with van der Waals surface area (Å²) in [4.78, 5) is 0. The van der Waals surface area contributed by atoms with Crippen LogP contribution in [0.2, 0.25) is 0 Å². The molecule has 4 atom stereocenters. The van der Waals surface area contributed by atoms with Gasteiger partial charge in [-0.1, -0.05) is 6.42 Å². The summed E-state index contributed by atoms with van der Waals surface area (Å²) in [5.41, 5.74) is 2.80. The largest absolute Gasteiger partial charge is 0.271 e. The molecule has 0 aromatic rings. The van der Waals surface area contributed by atoms with E-state index in [-0.39, 0.29) is 11.8 Å². The molecule has 0 saturated heterocycles. The summed E-state index contributed by atoms with van der Waals surface area (Å²) < 4.78 is 22.3. The van der Waals surface area contributed by atoms with Crippen molar-refractivity contribution in [3.05, 3.63) is 0 Å². The minimum absolute atomic E-state index is 0.161. The van der Waals surface area contributed by atoms with Crippen LogP contribution in [0.5, 0.6) is 0 Å². The van der Waals surface area contributed by atoms with E-state index >= 15 is 0 Å². The maximum Gasteiger partial charge on any atom is 0.147 e. The minimum atomic E-state index is -2.87. The third-order valence-electron chi connectivity index (χ3n) is 4.54. The van der Waals surface area contributed by atoms with Crippen molar-refractivity contribution >= 4 is 9.84 Å². The van der Waals surface area contributed by atoms with E-state index in [9.17, 15) is 8.42 Å². The first-order chi connectivity index (χ1) is 7.98. The molecule has 0 heterocycles. The van der Waals surface area contributed by atoms with Crippen LogP contribution in [-0.2, 0) is 9.84 Å². The highest BCUT2D eigenvalue weighted by Crippen LogP contribution is 2.49. The van der Waals surface area contributed by atoms with Crippen molar-refractivity contribution in [3.63, 3.8) is 0 Å². The zero-order valence-electron chi connectivity index (χ0n) is 10.6. The summed E-state index contributed by atoms with van der Waals surface area (Å²) in [6.45, 7) is 0. The van der Waals surface area contributed by atoms with Crippen LogP contribution >= 0.6 is 0 Å². The smallest absolute Gasteiger partial charge is 0.147 e. The Bertz CT molecular complexity index is 356. The van der Waals surface area contributed by atoms with Gasteiger partial charge in [0.25, 0.3) is 0 Å². The summed E-state index contributed by atoms with van der Waals surface area (Å²) in [5, 5.41) is 0. The zero-order valence-corrected chi connectivity index (χ0v) is 11.4. The van der Waals surface area contributed by atoms with Crippen LogP contribution in [0.25, 0.3) is 0 Å². The fourth-order valence-corrected chi connectivity index (χ4v) is 4.37. The molecule has 17 heavy (non-hydrogen) atoms. The molecule has 0 aromatic heterocycles. The fraction of sp³-hybridized carbons (Fsp3) is 1.00. The van der Waals surface area contributed by atoms with E-state index in [1.807, 2.05) is 0 Å². The molecule has 0 amide bonds. The monoisotopic (exact) mass is 260 g/mol. The van der Waals surface area contributed by atoms with Crippen molar-refractivity contribution in [1.82, 2.24) is 5.43 Å². The second-order valence-corrected chi connectivity index (χ2v) is 8.21. The van der Waals surface area contributed by atoms with Crippen LogP contribution < -0.4 is 11.3 Å². The molecular formula is C12H24N2O2S. The molecule has 0 aromatic carbocycles. The third kappa shape index (κ3) is 3.66. The van der Waals surface area contributed by atoms with E-state index in [4.69, 9.17) is 5.84 Å². The lowest BCUT2D eigenvalue weighted by Gasteiger charge is -2.26. The minimum Gasteiger partial charge on any atom is -0.271 e. The molecule has 2 aliphatic carbocycles. The maximum atomic E-state index is 11.1. The van der Waals surface area contributed by atoms with Gasteiger partial charge in [-0.3, -0.25) is 11.3 Å². The number of hydrogen-bond donors (Lipinski definition) is 2. The first kappa shape index (κ1) is 13.3. The molecular weight excluding hydrogens is 236 g/mol. The highest BCUT2D eigenvalue weighted by Gasteiger charge is 2.39. The van der Waals surface area contributed by atoms with Gasteiger partial charge < -0.3 is 0 Å². The Balaban J connectivity index is 1.79. The van der Waals surface area contributed by atoms with Gasteiger partial charge in [-0.2, -0.15) is 0 Å². The van der Waals surface area contributed by atoms with Crippen molar-refractivity contribution in [3.8, 4) is 0 Å². The van der Waals surface area contributed by atoms with Gasteiger partial charge in [0.1, 0.15) is 9.84 Å². The van der Waals surface area contributed by atoms with E-state index in [0.717, 1.165) is 24.2 Å². The van der Waals surface area contributed by atoms with Gasteiger partial charge in [-0.25, -0.2) is 8.42 Å². The van der Waals surface area contributed by atoms with Gasteiger partial charge in [-0.15, -0.1) is 0 Å². The first-order valence-corrected chi connectivity index (χ1v) is 8.68. The van der Waals surface area contributed by atoms with Gasteiger partial charge in [0.2, 0.25) is 0 Å². The average Bonchev–Trinajstić information content (AvgIpc) is 2.84. The lowest BCUT2D eigenvalue weighted by Crippen LogP contribution is -2.38. The molecule has 2 aliphatic rings. The van der Waals surface area contributed by atoms with Crippen LogP contribution in [0.4, 0.5) is 0 Å². The molecule has 100 valence electrons. The van der Waals surface area contributed by atoms with Crippen molar-refractivity contribution < 1.29 is 8.42 Å². The number of nitrogens with one attached hydrogen (secondary N) is 1. The maximum absolute atomic E-state index is 11.1. The zero-order chi connectivity index (χ0) is 12.5. The van der Waals surface area contributed by atoms with E-state index < -0.39 is 9.84 Å². The molecule has 0 aliphatic heterocycles. The summed E-state index contributed by atoms with van der Waals surface area (Å²) in [6.07, 6.45) is 8.49. The molecule has 4 unspecified atom stereocenters. The Labute approximate surface area is 104 Å². The number of sulfone groups is 1. The van der Waals surface area contributed by atoms with Gasteiger partial charge in [0.15, 0.2) is 0 Å². The van der Waals surface area contributed by atoms with Crippen LogP contribution in [0.1, 0.15) is 38.5 Å². The lowest BCUT2D eigenvalue weighted by molar-refractivity contribution is 0.275. The van der Waals surface area contributed by atoms with Crippen LogP contribution in [0.3, 0.4) is 0 Å². The molecule has 2 bridgehead atoms. The Morgan fingerprint density at radius 3 is 2.59 bits per heavy atom. The third-order valence-corrected chi connectivity index (χ3v) is 5.52. The summed E-state index contributed by atoms with van der Waals surface area (Å²) in [7, 11) is -2.87. The summed E-state index contributed by atoms with van der Waals surface area (Å²) in [6, 6.07) is 0.161.